The summed E-state index contributed by atoms with van der Waals surface area (Å²) in [6.07, 6.45) is 2.36. The number of fused-ring (bicyclic) bond motifs is 1. The molecule has 1 aliphatic rings. The molecule has 4 heteroatoms. The fourth-order valence-electron chi connectivity index (χ4n) is 4.34. The van der Waals surface area contributed by atoms with E-state index >= 15 is 0 Å². The van der Waals surface area contributed by atoms with Crippen LogP contribution in [0.15, 0.2) is 78.9 Å². The van der Waals surface area contributed by atoms with Crippen molar-refractivity contribution in [1.82, 2.24) is 0 Å². The maximum absolute atomic E-state index is 5.05. The topological polar surface area (TPSA) is 14.1 Å². The van der Waals surface area contributed by atoms with Crippen molar-refractivity contribution in [2.24, 2.45) is 0 Å². The quantitative estimate of drug-likeness (QED) is 0.499. The van der Waals surface area contributed by atoms with Crippen molar-refractivity contribution >= 4 is 11.6 Å². The molecule has 1 aliphatic carbocycles. The standard InChI is InChI=1S/C27H28N.2ClH.Ti/c1-19(28-27(2,3)4)22-15-10-11-17-24(22)26-23-16-9-8-14-21(23)18-25(26)20-12-6-5-7-13-20;;;/h5-19,26H,1-4H3;2*1H;/q-1;;;+3/p-2. The first-order valence-electron chi connectivity index (χ1n) is 10.1. The molecule has 0 spiro atoms. The zero-order chi connectivity index (χ0) is 19.7. The predicted octanol–water partition coefficient (Wildman–Crippen LogP) is 1.61. The van der Waals surface area contributed by atoms with E-state index in [9.17, 15) is 0 Å². The minimum atomic E-state index is -0.0573. The van der Waals surface area contributed by atoms with Crippen LogP contribution in [0.2, 0.25) is 0 Å². The van der Waals surface area contributed by atoms with Gasteiger partial charge in [0.2, 0.25) is 0 Å². The average molecular weight is 485 g/mol. The van der Waals surface area contributed by atoms with E-state index in [1.807, 2.05) is 0 Å². The number of nitrogens with zero attached hydrogens (tertiary/aromatic N) is 1. The third-order valence-corrected chi connectivity index (χ3v) is 5.37. The van der Waals surface area contributed by atoms with E-state index in [-0.39, 0.29) is 64.0 Å². The number of benzene rings is 3. The van der Waals surface area contributed by atoms with E-state index in [0.29, 0.717) is 0 Å². The molecule has 2 atom stereocenters. The molecule has 0 fully saturated rings. The molecule has 31 heavy (non-hydrogen) atoms. The van der Waals surface area contributed by atoms with Crippen LogP contribution in [0.25, 0.3) is 17.0 Å². The second kappa shape index (κ2) is 11.5. The van der Waals surface area contributed by atoms with Crippen LogP contribution < -0.4 is 24.8 Å². The molecule has 159 valence electrons. The number of hydrogen-bond donors (Lipinski definition) is 0. The molecule has 2 unspecified atom stereocenters. The molecule has 0 N–H and O–H groups in total. The molecule has 0 saturated heterocycles. The molecule has 0 saturated carbocycles. The summed E-state index contributed by atoms with van der Waals surface area (Å²) in [5.74, 6) is 0.243. The van der Waals surface area contributed by atoms with E-state index in [4.69, 9.17) is 5.32 Å². The Labute approximate surface area is 214 Å². The summed E-state index contributed by atoms with van der Waals surface area (Å²) in [6, 6.07) is 28.5. The van der Waals surface area contributed by atoms with E-state index in [0.717, 1.165) is 0 Å². The largest absolute Gasteiger partial charge is 3.00 e. The van der Waals surface area contributed by atoms with Gasteiger partial charge in [0, 0.05) is 5.92 Å². The van der Waals surface area contributed by atoms with Gasteiger partial charge < -0.3 is 30.1 Å². The first kappa shape index (κ1) is 27.7. The van der Waals surface area contributed by atoms with Gasteiger partial charge in [-0.3, -0.25) is 0 Å². The molecule has 3 aromatic carbocycles. The van der Waals surface area contributed by atoms with E-state index < -0.39 is 0 Å². The van der Waals surface area contributed by atoms with Crippen LogP contribution in [0.3, 0.4) is 0 Å². The monoisotopic (exact) mass is 484 g/mol. The van der Waals surface area contributed by atoms with Crippen LogP contribution in [0.5, 0.6) is 0 Å². The van der Waals surface area contributed by atoms with Crippen molar-refractivity contribution in [3.63, 3.8) is 0 Å². The summed E-state index contributed by atoms with van der Waals surface area (Å²) in [6.45, 7) is 8.74. The van der Waals surface area contributed by atoms with Gasteiger partial charge in [-0.2, -0.15) is 0 Å². The van der Waals surface area contributed by atoms with Gasteiger partial charge in [-0.25, -0.2) is 0 Å². The summed E-state index contributed by atoms with van der Waals surface area (Å²) in [5, 5.41) is 5.05. The first-order chi connectivity index (χ1) is 13.4. The van der Waals surface area contributed by atoms with Gasteiger partial charge in [0.25, 0.3) is 0 Å². The smallest absolute Gasteiger partial charge is 1.00 e. The zero-order valence-electron chi connectivity index (χ0n) is 18.4. The molecular weight excluding hydrogens is 457 g/mol. The third-order valence-electron chi connectivity index (χ3n) is 5.37. The Balaban J connectivity index is 0.00000160. The second-order valence-electron chi connectivity index (χ2n) is 8.63. The number of rotatable bonds is 4. The Morgan fingerprint density at radius 3 is 1.94 bits per heavy atom. The summed E-state index contributed by atoms with van der Waals surface area (Å²) in [7, 11) is 0. The van der Waals surface area contributed by atoms with Gasteiger partial charge in [0.05, 0.1) is 0 Å². The Hall–Kier alpha value is -1.35. The third kappa shape index (κ3) is 6.12. The fraction of sp³-hybridized carbons (Fsp3) is 0.259. The summed E-state index contributed by atoms with van der Waals surface area (Å²) in [5.41, 5.74) is 8.00. The van der Waals surface area contributed by atoms with Crippen molar-refractivity contribution in [2.45, 2.75) is 45.2 Å². The normalized spacial score (nSPS) is 15.5. The molecule has 3 aromatic rings. The number of halogens is 2. The Bertz CT molecular complexity index is 1010. The van der Waals surface area contributed by atoms with Crippen molar-refractivity contribution < 1.29 is 46.5 Å². The molecule has 4 rings (SSSR count). The Morgan fingerprint density at radius 1 is 0.742 bits per heavy atom. The molecule has 1 nitrogen and oxygen atoms in total. The van der Waals surface area contributed by atoms with Gasteiger partial charge in [-0.15, -0.1) is 11.6 Å². The maximum atomic E-state index is 5.05. The van der Waals surface area contributed by atoms with E-state index in [2.05, 4.69) is 113 Å². The van der Waals surface area contributed by atoms with Crippen molar-refractivity contribution in [1.29, 1.82) is 0 Å². The second-order valence-corrected chi connectivity index (χ2v) is 8.63. The average Bonchev–Trinajstić information content (AvgIpc) is 3.07. The van der Waals surface area contributed by atoms with Crippen LogP contribution in [0.4, 0.5) is 0 Å². The molecule has 0 aromatic heterocycles. The predicted molar refractivity (Wildman–Crippen MR) is 121 cm³/mol. The van der Waals surface area contributed by atoms with Gasteiger partial charge in [0.1, 0.15) is 0 Å². The van der Waals surface area contributed by atoms with Crippen molar-refractivity contribution in [2.75, 3.05) is 0 Å². The molecule has 0 bridgehead atoms. The van der Waals surface area contributed by atoms with Crippen LogP contribution in [0, 0.1) is 0 Å². The van der Waals surface area contributed by atoms with Crippen LogP contribution >= 0.6 is 0 Å². The Kier molecular flexibility index (Phi) is 10.3. The zero-order valence-corrected chi connectivity index (χ0v) is 21.5. The first-order valence-corrected chi connectivity index (χ1v) is 10.1. The van der Waals surface area contributed by atoms with Crippen molar-refractivity contribution in [3.05, 3.63) is 112 Å². The molecule has 0 aliphatic heterocycles. The molecule has 0 amide bonds. The maximum Gasteiger partial charge on any atom is 3.00 e. The van der Waals surface area contributed by atoms with Gasteiger partial charge in [-0.1, -0.05) is 112 Å². The minimum absolute atomic E-state index is 0. The molecular formula is C27H28Cl2NTi. The number of allylic oxidation sites excluding steroid dienone is 1. The molecule has 1 radical (unpaired) electrons. The SMILES string of the molecule is CC([N-]C(C)(C)C)c1ccccc1C1C(c2ccccc2)=Cc2ccccc21.[Cl-].[Cl-].[Ti+3]. The van der Waals surface area contributed by atoms with Crippen LogP contribution in [0.1, 0.15) is 67.5 Å². The fourth-order valence-corrected chi connectivity index (χ4v) is 4.34. The Morgan fingerprint density at radius 2 is 1.29 bits per heavy atom. The van der Waals surface area contributed by atoms with Gasteiger partial charge in [0.15, 0.2) is 0 Å². The number of hydrogen-bond acceptors (Lipinski definition) is 0. The van der Waals surface area contributed by atoms with E-state index in [1.165, 1.54) is 33.4 Å². The molecule has 0 heterocycles. The van der Waals surface area contributed by atoms with E-state index in [1.54, 1.807) is 0 Å². The van der Waals surface area contributed by atoms with Gasteiger partial charge in [-0.05, 0) is 33.9 Å². The van der Waals surface area contributed by atoms with Crippen LogP contribution in [-0.4, -0.2) is 5.54 Å². The summed E-state index contributed by atoms with van der Waals surface area (Å²) >= 11 is 0. The van der Waals surface area contributed by atoms with Crippen molar-refractivity contribution in [3.8, 4) is 0 Å². The van der Waals surface area contributed by atoms with Gasteiger partial charge >= 0.3 is 21.7 Å². The minimum Gasteiger partial charge on any atom is -1.00 e. The van der Waals surface area contributed by atoms with Crippen LogP contribution in [-0.2, 0) is 21.7 Å². The summed E-state index contributed by atoms with van der Waals surface area (Å²) < 4.78 is 0. The summed E-state index contributed by atoms with van der Waals surface area (Å²) in [4.78, 5) is 0.